The smallest absolute Gasteiger partial charge is 0.306 e. The van der Waals surface area contributed by atoms with E-state index in [1.165, 1.54) is 77.0 Å². The second-order valence-corrected chi connectivity index (χ2v) is 20.3. The molecule has 1 rings (SSSR count). The molecule has 1 aliphatic heterocycles. The maximum Gasteiger partial charge on any atom is 0.306 e. The molecule has 0 radical (unpaired) electrons. The zero-order valence-electron chi connectivity index (χ0n) is 46.9. The molecule has 0 saturated carbocycles. The SMILES string of the molecule is CC/C=C/C/C=C/CCCCCCCCCC(=O)OC1C(OCC(NC(=O)C(O)CCCC/C=C\C/C=C\C/C=C\C/C=C\CCCCC)C(O)/C=C/CCCCCCCCCCCCC)OC(CO)C(O)C1O. The fourth-order valence-corrected chi connectivity index (χ4v) is 8.79. The van der Waals surface area contributed by atoms with Crippen LogP contribution in [0.5, 0.6) is 0 Å². The minimum absolute atomic E-state index is 0.107. The molecule has 8 atom stereocenters. The number of rotatable bonds is 49. The number of esters is 1. The Morgan fingerprint density at radius 1 is 0.541 bits per heavy atom. The maximum absolute atomic E-state index is 13.4. The summed E-state index contributed by atoms with van der Waals surface area (Å²) in [5, 5.41) is 56.9. The molecular formula is C63H109NO10. The van der Waals surface area contributed by atoms with E-state index in [0.717, 1.165) is 116 Å². The van der Waals surface area contributed by atoms with Gasteiger partial charge in [-0.05, 0) is 96.3 Å². The van der Waals surface area contributed by atoms with E-state index >= 15 is 0 Å². The van der Waals surface area contributed by atoms with Crippen molar-refractivity contribution in [2.24, 2.45) is 0 Å². The molecule has 11 nitrogen and oxygen atoms in total. The normalized spacial score (nSPS) is 19.9. The quantitative estimate of drug-likeness (QED) is 0.0195. The Hall–Kier alpha value is -3.16. The van der Waals surface area contributed by atoms with Gasteiger partial charge in [-0.15, -0.1) is 0 Å². The van der Waals surface area contributed by atoms with Crippen molar-refractivity contribution in [2.45, 2.75) is 288 Å². The number of nitrogens with one attached hydrogen (secondary N) is 1. The lowest BCUT2D eigenvalue weighted by Gasteiger charge is -2.41. The fourth-order valence-electron chi connectivity index (χ4n) is 8.79. The number of aliphatic hydroxyl groups excluding tert-OH is 5. The van der Waals surface area contributed by atoms with E-state index < -0.39 is 67.4 Å². The molecular weight excluding hydrogens is 931 g/mol. The molecule has 8 unspecified atom stereocenters. The van der Waals surface area contributed by atoms with Gasteiger partial charge in [0.2, 0.25) is 5.91 Å². The molecule has 1 aliphatic rings. The Balaban J connectivity index is 2.76. The van der Waals surface area contributed by atoms with E-state index in [9.17, 15) is 35.1 Å². The van der Waals surface area contributed by atoms with E-state index in [2.05, 4.69) is 99.0 Å². The van der Waals surface area contributed by atoms with Crippen LogP contribution in [0.15, 0.2) is 85.1 Å². The van der Waals surface area contributed by atoms with Crippen molar-refractivity contribution in [1.82, 2.24) is 5.32 Å². The number of hydrogen-bond donors (Lipinski definition) is 6. The summed E-state index contributed by atoms with van der Waals surface area (Å²) in [5.74, 6) is -1.24. The first-order valence-corrected chi connectivity index (χ1v) is 29.9. The second kappa shape index (κ2) is 50.6. The lowest BCUT2D eigenvalue weighted by molar-refractivity contribution is -0.305. The zero-order valence-corrected chi connectivity index (χ0v) is 46.9. The highest BCUT2D eigenvalue weighted by Crippen LogP contribution is 2.26. The Bertz CT molecular complexity index is 1520. The summed E-state index contributed by atoms with van der Waals surface area (Å²) in [7, 11) is 0. The van der Waals surface area contributed by atoms with Crippen LogP contribution in [0.4, 0.5) is 0 Å². The third-order valence-corrected chi connectivity index (χ3v) is 13.5. The molecule has 1 fully saturated rings. The largest absolute Gasteiger partial charge is 0.454 e. The average molecular weight is 1040 g/mol. The number of ether oxygens (including phenoxy) is 3. The van der Waals surface area contributed by atoms with Gasteiger partial charge in [-0.25, -0.2) is 0 Å². The highest BCUT2D eigenvalue weighted by molar-refractivity contribution is 5.80. The molecule has 426 valence electrons. The standard InChI is InChI=1S/C63H109NO10/c1-4-7-10-13-16-19-22-25-27-28-29-30-32-35-38-41-44-47-50-56(67)62(71)64-54(55(66)49-46-43-40-37-34-31-24-21-18-15-12-9-6-3)53-72-63-61(60(70)59(69)57(52-65)73-63)74-58(68)51-48-45-42-39-36-33-26-23-20-17-14-11-8-5-2/h8,11,16-17,19-20,25,27,29-30,35,38,46,49,54-57,59-61,63,65-67,69-70H,4-7,9-10,12-15,18,21-24,26,28,31-34,36-37,39-45,47-48,50-53H2,1-3H3,(H,64,71)/b11-8+,19-16-,20-17+,27-25-,30-29-,38-35-,49-46+. The van der Waals surface area contributed by atoms with Crippen molar-refractivity contribution in [3.05, 3.63) is 85.1 Å². The third kappa shape index (κ3) is 38.4. The predicted octanol–water partition coefficient (Wildman–Crippen LogP) is 13.8. The van der Waals surface area contributed by atoms with Crippen LogP contribution in [-0.2, 0) is 23.8 Å². The molecule has 0 aromatic rings. The number of carbonyl (C=O) groups is 2. The van der Waals surface area contributed by atoms with Crippen molar-refractivity contribution in [3.63, 3.8) is 0 Å². The van der Waals surface area contributed by atoms with E-state index in [0.29, 0.717) is 12.8 Å². The first-order chi connectivity index (χ1) is 36.2. The van der Waals surface area contributed by atoms with E-state index in [1.807, 2.05) is 6.08 Å². The molecule has 11 heteroatoms. The lowest BCUT2D eigenvalue weighted by atomic mass is 9.99. The van der Waals surface area contributed by atoms with Gasteiger partial charge in [-0.2, -0.15) is 0 Å². The summed E-state index contributed by atoms with van der Waals surface area (Å²) in [6.07, 6.45) is 54.8. The Morgan fingerprint density at radius 2 is 0.973 bits per heavy atom. The number of allylic oxidation sites excluding steroid dienone is 13. The monoisotopic (exact) mass is 1040 g/mol. The van der Waals surface area contributed by atoms with Gasteiger partial charge in [-0.3, -0.25) is 9.59 Å². The highest BCUT2D eigenvalue weighted by Gasteiger charge is 2.47. The van der Waals surface area contributed by atoms with Crippen LogP contribution in [0.2, 0.25) is 0 Å². The van der Waals surface area contributed by atoms with Gasteiger partial charge in [-0.1, -0.05) is 221 Å². The summed E-state index contributed by atoms with van der Waals surface area (Å²) in [5.41, 5.74) is 0. The van der Waals surface area contributed by atoms with Crippen molar-refractivity contribution >= 4 is 11.9 Å². The van der Waals surface area contributed by atoms with Crippen LogP contribution in [0.3, 0.4) is 0 Å². The number of hydrogen-bond acceptors (Lipinski definition) is 10. The number of unbranched alkanes of at least 4 members (excludes halogenated alkanes) is 23. The van der Waals surface area contributed by atoms with Crippen LogP contribution in [0.1, 0.15) is 239 Å². The van der Waals surface area contributed by atoms with Gasteiger partial charge in [0.15, 0.2) is 12.4 Å². The second-order valence-electron chi connectivity index (χ2n) is 20.3. The van der Waals surface area contributed by atoms with Gasteiger partial charge in [0.25, 0.3) is 0 Å². The molecule has 6 N–H and O–H groups in total. The van der Waals surface area contributed by atoms with Crippen molar-refractivity contribution in [3.8, 4) is 0 Å². The summed E-state index contributed by atoms with van der Waals surface area (Å²) in [4.78, 5) is 26.5. The van der Waals surface area contributed by atoms with Crippen LogP contribution in [-0.4, -0.2) is 99.6 Å². The van der Waals surface area contributed by atoms with E-state index in [-0.39, 0.29) is 19.4 Å². The van der Waals surface area contributed by atoms with Crippen LogP contribution in [0.25, 0.3) is 0 Å². The first kappa shape index (κ1) is 68.9. The van der Waals surface area contributed by atoms with Gasteiger partial charge >= 0.3 is 5.97 Å². The summed E-state index contributed by atoms with van der Waals surface area (Å²) >= 11 is 0. The molecule has 74 heavy (non-hydrogen) atoms. The molecule has 1 heterocycles. The van der Waals surface area contributed by atoms with Crippen LogP contribution >= 0.6 is 0 Å². The molecule has 1 amide bonds. The average Bonchev–Trinajstić information content (AvgIpc) is 3.40. The molecule has 0 aliphatic carbocycles. The van der Waals surface area contributed by atoms with E-state index in [1.54, 1.807) is 6.08 Å². The van der Waals surface area contributed by atoms with Gasteiger partial charge in [0.05, 0.1) is 25.4 Å². The van der Waals surface area contributed by atoms with Crippen molar-refractivity contribution in [1.29, 1.82) is 0 Å². The van der Waals surface area contributed by atoms with Crippen LogP contribution in [0, 0.1) is 0 Å². The van der Waals surface area contributed by atoms with Gasteiger partial charge in [0, 0.05) is 6.42 Å². The molecule has 1 saturated heterocycles. The Labute approximate surface area is 451 Å². The van der Waals surface area contributed by atoms with Crippen LogP contribution < -0.4 is 5.32 Å². The van der Waals surface area contributed by atoms with Crippen molar-refractivity contribution < 1.29 is 49.3 Å². The lowest BCUT2D eigenvalue weighted by Crippen LogP contribution is -2.61. The predicted molar refractivity (Wildman–Crippen MR) is 306 cm³/mol. The summed E-state index contributed by atoms with van der Waals surface area (Å²) < 4.78 is 17.6. The third-order valence-electron chi connectivity index (χ3n) is 13.5. The number of aliphatic hydroxyl groups is 5. The molecule has 0 spiro atoms. The molecule has 0 aromatic heterocycles. The highest BCUT2D eigenvalue weighted by atomic mass is 16.7. The van der Waals surface area contributed by atoms with E-state index in [4.69, 9.17) is 14.2 Å². The maximum atomic E-state index is 13.4. The summed E-state index contributed by atoms with van der Waals surface area (Å²) in [6.45, 7) is 5.62. The fraction of sp³-hybridized carbons (Fsp3) is 0.746. The molecule has 0 bridgehead atoms. The minimum Gasteiger partial charge on any atom is -0.454 e. The number of carbonyl (C=O) groups excluding carboxylic acids is 2. The summed E-state index contributed by atoms with van der Waals surface area (Å²) in [6, 6.07) is -1.05. The van der Waals surface area contributed by atoms with Crippen molar-refractivity contribution in [2.75, 3.05) is 13.2 Å². The topological polar surface area (TPSA) is 175 Å². The number of amides is 1. The van der Waals surface area contributed by atoms with Gasteiger partial charge < -0.3 is 45.1 Å². The molecule has 0 aromatic carbocycles. The first-order valence-electron chi connectivity index (χ1n) is 29.9. The Kier molecular flexibility index (Phi) is 47.1. The Morgan fingerprint density at radius 3 is 1.49 bits per heavy atom. The van der Waals surface area contributed by atoms with Gasteiger partial charge in [0.1, 0.15) is 24.4 Å². The zero-order chi connectivity index (χ0) is 54.0. The minimum atomic E-state index is -1.63.